The predicted octanol–water partition coefficient (Wildman–Crippen LogP) is 1.71. The minimum absolute atomic E-state index is 0.103. The number of cyclic esters (lactones) is 2. The van der Waals surface area contributed by atoms with Crippen molar-refractivity contribution in [1.29, 1.82) is 0 Å². The van der Waals surface area contributed by atoms with Gasteiger partial charge < -0.3 is 4.74 Å². The Morgan fingerprint density at radius 3 is 2.40 bits per heavy atom. The molecule has 2 aromatic rings. The first-order chi connectivity index (χ1) is 9.30. The number of carbonyl (C=O) groups is 2. The molecular weight excluding hydrogens is 284 g/mol. The van der Waals surface area contributed by atoms with Crippen molar-refractivity contribution in [3.8, 4) is 0 Å². The molecule has 0 fully saturated rings. The maximum Gasteiger partial charge on any atom is 0.346 e. The second kappa shape index (κ2) is 3.87. The molecule has 0 saturated carbocycles. The second-order valence-electron chi connectivity index (χ2n) is 4.44. The summed E-state index contributed by atoms with van der Waals surface area (Å²) in [5.41, 5.74) is 0.803. The Hall–Kier alpha value is -2.25. The lowest BCUT2D eigenvalue weighted by Crippen LogP contribution is -2.21. The highest BCUT2D eigenvalue weighted by Crippen LogP contribution is 2.34. The molecule has 20 heavy (non-hydrogen) atoms. The van der Waals surface area contributed by atoms with Crippen molar-refractivity contribution in [1.82, 2.24) is 0 Å². The molecule has 2 aromatic carbocycles. The number of rotatable bonds is 1. The first kappa shape index (κ1) is 12.8. The zero-order valence-corrected chi connectivity index (χ0v) is 11.0. The number of carbonyl (C=O) groups excluding carboxylic acids is 2. The van der Waals surface area contributed by atoms with Crippen LogP contribution < -0.4 is 0 Å². The van der Waals surface area contributed by atoms with Gasteiger partial charge in [0.15, 0.2) is 0 Å². The fourth-order valence-corrected chi connectivity index (χ4v) is 3.06. The molecule has 0 amide bonds. The third kappa shape index (κ3) is 1.64. The molecule has 0 radical (unpaired) electrons. The normalized spacial score (nSPS) is 14.5. The maximum atomic E-state index is 11.8. The summed E-state index contributed by atoms with van der Waals surface area (Å²) in [4.78, 5) is 23.2. The number of benzene rings is 2. The molecule has 6 nitrogen and oxygen atoms in total. The zero-order valence-electron chi connectivity index (χ0n) is 10.2. The highest BCUT2D eigenvalue weighted by Gasteiger charge is 2.31. The summed E-state index contributed by atoms with van der Waals surface area (Å²) in [6.07, 6.45) is 0. The summed E-state index contributed by atoms with van der Waals surface area (Å²) < 4.78 is 36.6. The van der Waals surface area contributed by atoms with Gasteiger partial charge in [0.1, 0.15) is 4.90 Å². The highest BCUT2D eigenvalue weighted by molar-refractivity contribution is 7.86. The zero-order chi connectivity index (χ0) is 14.7. The van der Waals surface area contributed by atoms with Gasteiger partial charge in [-0.25, -0.2) is 9.59 Å². The predicted molar refractivity (Wildman–Crippen MR) is 68.2 cm³/mol. The van der Waals surface area contributed by atoms with E-state index in [1.807, 2.05) is 0 Å². The van der Waals surface area contributed by atoms with Crippen LogP contribution in [0.2, 0.25) is 0 Å². The fourth-order valence-electron chi connectivity index (χ4n) is 2.37. The molecule has 0 unspecified atom stereocenters. The number of ether oxygens (including phenoxy) is 1. The van der Waals surface area contributed by atoms with Gasteiger partial charge in [-0.3, -0.25) is 4.55 Å². The third-order valence-electron chi connectivity index (χ3n) is 3.24. The Labute approximate surface area is 113 Å². The third-order valence-corrected chi connectivity index (χ3v) is 4.15. The summed E-state index contributed by atoms with van der Waals surface area (Å²) in [5.74, 6) is -1.65. The molecule has 3 rings (SSSR count). The van der Waals surface area contributed by atoms with E-state index in [0.29, 0.717) is 5.56 Å². The van der Waals surface area contributed by atoms with E-state index in [1.54, 1.807) is 6.92 Å². The average Bonchev–Trinajstić information content (AvgIpc) is 2.34. The van der Waals surface area contributed by atoms with Crippen molar-refractivity contribution in [2.24, 2.45) is 0 Å². The Morgan fingerprint density at radius 1 is 1.05 bits per heavy atom. The van der Waals surface area contributed by atoms with Crippen molar-refractivity contribution in [3.63, 3.8) is 0 Å². The summed E-state index contributed by atoms with van der Waals surface area (Å²) >= 11 is 0. The molecule has 1 heterocycles. The maximum absolute atomic E-state index is 11.8. The van der Waals surface area contributed by atoms with Gasteiger partial charge in [-0.05, 0) is 24.6 Å². The topological polar surface area (TPSA) is 97.7 Å². The van der Waals surface area contributed by atoms with Crippen molar-refractivity contribution in [2.45, 2.75) is 11.8 Å². The first-order valence-electron chi connectivity index (χ1n) is 5.61. The molecule has 1 aliphatic heterocycles. The first-order valence-corrected chi connectivity index (χ1v) is 7.05. The van der Waals surface area contributed by atoms with E-state index < -0.39 is 22.1 Å². The van der Waals surface area contributed by atoms with E-state index in [4.69, 9.17) is 0 Å². The van der Waals surface area contributed by atoms with Crippen LogP contribution in [0, 0.1) is 6.92 Å². The molecule has 1 aliphatic rings. The largest absolute Gasteiger partial charge is 0.386 e. The fraction of sp³-hybridized carbons (Fsp3) is 0.0769. The van der Waals surface area contributed by atoms with Crippen LogP contribution in [-0.2, 0) is 14.9 Å². The van der Waals surface area contributed by atoms with Gasteiger partial charge in [-0.15, -0.1) is 0 Å². The van der Waals surface area contributed by atoms with Crippen LogP contribution in [0.4, 0.5) is 0 Å². The second-order valence-corrected chi connectivity index (χ2v) is 5.83. The van der Waals surface area contributed by atoms with E-state index in [9.17, 15) is 22.6 Å². The molecule has 7 heteroatoms. The molecule has 0 aromatic heterocycles. The van der Waals surface area contributed by atoms with E-state index in [1.165, 1.54) is 18.2 Å². The quantitative estimate of drug-likeness (QED) is 0.488. The lowest BCUT2D eigenvalue weighted by Gasteiger charge is -2.18. The van der Waals surface area contributed by atoms with Crippen LogP contribution in [0.5, 0.6) is 0 Å². The van der Waals surface area contributed by atoms with E-state index in [-0.39, 0.29) is 26.8 Å². The Morgan fingerprint density at radius 2 is 1.75 bits per heavy atom. The number of aryl methyl sites for hydroxylation is 1. The number of hydrogen-bond acceptors (Lipinski definition) is 5. The summed E-state index contributed by atoms with van der Waals surface area (Å²) in [7, 11) is -4.46. The SMILES string of the molecule is Cc1ccc2c(S(=O)(=O)O)ccc3c2c1C(=O)OC3=O. The Balaban J connectivity index is 2.60. The van der Waals surface area contributed by atoms with Crippen molar-refractivity contribution in [3.05, 3.63) is 41.0 Å². The minimum Gasteiger partial charge on any atom is -0.386 e. The molecule has 0 bridgehead atoms. The summed E-state index contributed by atoms with van der Waals surface area (Å²) in [5, 5.41) is 0.317. The molecule has 0 spiro atoms. The van der Waals surface area contributed by atoms with Crippen LogP contribution in [-0.4, -0.2) is 24.9 Å². The van der Waals surface area contributed by atoms with Crippen LogP contribution >= 0.6 is 0 Å². The van der Waals surface area contributed by atoms with Crippen LogP contribution in [0.3, 0.4) is 0 Å². The van der Waals surface area contributed by atoms with Gasteiger partial charge in [0.2, 0.25) is 0 Å². The van der Waals surface area contributed by atoms with Crippen molar-refractivity contribution < 1.29 is 27.3 Å². The number of esters is 2. The molecule has 1 N–H and O–H groups in total. The monoisotopic (exact) mass is 292 g/mol. The van der Waals surface area contributed by atoms with Crippen LogP contribution in [0.25, 0.3) is 10.8 Å². The molecule has 0 saturated heterocycles. The van der Waals surface area contributed by atoms with Crippen molar-refractivity contribution in [2.75, 3.05) is 0 Å². The molecule has 102 valence electrons. The van der Waals surface area contributed by atoms with E-state index in [0.717, 1.165) is 6.07 Å². The number of hydrogen-bond donors (Lipinski definition) is 1. The molecule has 0 atom stereocenters. The smallest absolute Gasteiger partial charge is 0.346 e. The highest BCUT2D eigenvalue weighted by atomic mass is 32.2. The molecule has 0 aliphatic carbocycles. The van der Waals surface area contributed by atoms with Gasteiger partial charge in [0, 0.05) is 10.8 Å². The average molecular weight is 292 g/mol. The van der Waals surface area contributed by atoms with Gasteiger partial charge in [-0.1, -0.05) is 12.1 Å². The van der Waals surface area contributed by atoms with Crippen molar-refractivity contribution >= 4 is 32.8 Å². The van der Waals surface area contributed by atoms with E-state index >= 15 is 0 Å². The Kier molecular flexibility index (Phi) is 2.47. The van der Waals surface area contributed by atoms with Gasteiger partial charge in [0.05, 0.1) is 11.1 Å². The van der Waals surface area contributed by atoms with Crippen LogP contribution in [0.15, 0.2) is 29.2 Å². The lowest BCUT2D eigenvalue weighted by molar-refractivity contribution is 0.0390. The summed E-state index contributed by atoms with van der Waals surface area (Å²) in [6, 6.07) is 5.33. The van der Waals surface area contributed by atoms with E-state index in [2.05, 4.69) is 4.74 Å². The molecular formula is C13H8O6S. The Bertz CT molecular complexity index is 895. The van der Waals surface area contributed by atoms with Gasteiger partial charge >= 0.3 is 11.9 Å². The minimum atomic E-state index is -4.46. The van der Waals surface area contributed by atoms with Crippen LogP contribution in [0.1, 0.15) is 26.3 Å². The summed E-state index contributed by atoms with van der Waals surface area (Å²) in [6.45, 7) is 1.65. The van der Waals surface area contributed by atoms with Gasteiger partial charge in [-0.2, -0.15) is 8.42 Å². The van der Waals surface area contributed by atoms with Gasteiger partial charge in [0.25, 0.3) is 10.1 Å². The lowest BCUT2D eigenvalue weighted by atomic mass is 9.94. The standard InChI is InChI=1S/C13H8O6S/c1-6-2-3-7-9(20(16,17)18)5-4-8-11(7)10(6)13(15)19-12(8)14/h2-5H,1H3,(H,16,17,18).